The number of rotatable bonds is 3. The summed E-state index contributed by atoms with van der Waals surface area (Å²) in [5.74, 6) is 0. The maximum absolute atomic E-state index is 12.5. The fourth-order valence-electron chi connectivity index (χ4n) is 2.13. The molecule has 110 valence electrons. The van der Waals surface area contributed by atoms with E-state index >= 15 is 0 Å². The second-order valence-electron chi connectivity index (χ2n) is 4.61. The first-order valence-corrected chi connectivity index (χ1v) is 7.91. The number of hydrogen-bond acceptors (Lipinski definition) is 5. The molecule has 1 aliphatic heterocycles. The molecular weight excluding hydrogens is 282 g/mol. The van der Waals surface area contributed by atoms with Crippen molar-refractivity contribution < 1.29 is 13.3 Å². The highest BCUT2D eigenvalue weighted by molar-refractivity contribution is 7.89. The van der Waals surface area contributed by atoms with Crippen molar-refractivity contribution in [3.05, 3.63) is 34.4 Å². The lowest BCUT2D eigenvalue weighted by Crippen LogP contribution is -2.38. The molecule has 20 heavy (non-hydrogen) atoms. The SMILES string of the molecule is O=[N+]([O-])c1ccc(S(=O)(=O)N2CCCNCCC2)cc1. The van der Waals surface area contributed by atoms with Crippen molar-refractivity contribution in [3.63, 3.8) is 0 Å². The Hall–Kier alpha value is -1.51. The Morgan fingerprint density at radius 2 is 1.65 bits per heavy atom. The van der Waals surface area contributed by atoms with Gasteiger partial charge in [-0.2, -0.15) is 4.31 Å². The van der Waals surface area contributed by atoms with Crippen LogP contribution in [0.1, 0.15) is 12.8 Å². The predicted octanol–water partition coefficient (Wildman–Crippen LogP) is 0.969. The largest absolute Gasteiger partial charge is 0.317 e. The minimum absolute atomic E-state index is 0.108. The summed E-state index contributed by atoms with van der Waals surface area (Å²) in [4.78, 5) is 10.2. The molecule has 1 N–H and O–H groups in total. The fraction of sp³-hybridized carbons (Fsp3) is 0.500. The Bertz CT molecular complexity index is 563. The summed E-state index contributed by atoms with van der Waals surface area (Å²) in [6.07, 6.45) is 1.51. The molecule has 2 rings (SSSR count). The van der Waals surface area contributed by atoms with Gasteiger partial charge in [-0.15, -0.1) is 0 Å². The van der Waals surface area contributed by atoms with Gasteiger partial charge in [0.25, 0.3) is 5.69 Å². The number of nitrogens with one attached hydrogen (secondary N) is 1. The van der Waals surface area contributed by atoms with E-state index in [1.807, 2.05) is 0 Å². The third-order valence-corrected chi connectivity index (χ3v) is 5.12. The standard InChI is InChI=1S/C12H17N3O4S/c16-15(17)11-3-5-12(6-4-11)20(18,19)14-9-1-7-13-8-2-10-14/h3-6,13H,1-2,7-10H2. The van der Waals surface area contributed by atoms with Gasteiger partial charge in [0.1, 0.15) is 0 Å². The van der Waals surface area contributed by atoms with E-state index < -0.39 is 14.9 Å². The highest BCUT2D eigenvalue weighted by Gasteiger charge is 2.24. The molecule has 0 unspecified atom stereocenters. The fourth-order valence-corrected chi connectivity index (χ4v) is 3.64. The van der Waals surface area contributed by atoms with Gasteiger partial charge in [0.15, 0.2) is 0 Å². The highest BCUT2D eigenvalue weighted by Crippen LogP contribution is 2.20. The number of hydrogen-bond donors (Lipinski definition) is 1. The molecular formula is C12H17N3O4S. The van der Waals surface area contributed by atoms with Gasteiger partial charge in [-0.3, -0.25) is 10.1 Å². The van der Waals surface area contributed by atoms with Crippen molar-refractivity contribution in [3.8, 4) is 0 Å². The van der Waals surface area contributed by atoms with Crippen molar-refractivity contribution in [2.45, 2.75) is 17.7 Å². The number of nitrogens with zero attached hydrogens (tertiary/aromatic N) is 2. The molecule has 0 atom stereocenters. The van der Waals surface area contributed by atoms with Gasteiger partial charge in [0.2, 0.25) is 10.0 Å². The number of nitro benzene ring substituents is 1. The molecule has 8 heteroatoms. The maximum Gasteiger partial charge on any atom is 0.269 e. The van der Waals surface area contributed by atoms with Crippen LogP contribution in [0.25, 0.3) is 0 Å². The Morgan fingerprint density at radius 1 is 1.10 bits per heavy atom. The number of sulfonamides is 1. The van der Waals surface area contributed by atoms with Crippen molar-refractivity contribution in [2.24, 2.45) is 0 Å². The maximum atomic E-state index is 12.5. The van der Waals surface area contributed by atoms with Crippen molar-refractivity contribution >= 4 is 15.7 Å². The van der Waals surface area contributed by atoms with Crippen LogP contribution in [0.3, 0.4) is 0 Å². The van der Waals surface area contributed by atoms with E-state index in [1.165, 1.54) is 28.6 Å². The summed E-state index contributed by atoms with van der Waals surface area (Å²) in [6, 6.07) is 5.03. The molecule has 1 fully saturated rings. The summed E-state index contributed by atoms with van der Waals surface area (Å²) in [7, 11) is -3.56. The molecule has 0 aromatic heterocycles. The van der Waals surface area contributed by atoms with Crippen LogP contribution < -0.4 is 5.32 Å². The zero-order valence-corrected chi connectivity index (χ0v) is 11.8. The van der Waals surface area contributed by atoms with Crippen LogP contribution in [0.2, 0.25) is 0 Å². The lowest BCUT2D eigenvalue weighted by molar-refractivity contribution is -0.384. The molecule has 1 aromatic carbocycles. The molecule has 0 aliphatic carbocycles. The first kappa shape index (κ1) is 14.9. The van der Waals surface area contributed by atoms with Crippen LogP contribution in [0.4, 0.5) is 5.69 Å². The van der Waals surface area contributed by atoms with E-state index in [2.05, 4.69) is 5.32 Å². The minimum Gasteiger partial charge on any atom is -0.317 e. The molecule has 1 saturated heterocycles. The zero-order valence-electron chi connectivity index (χ0n) is 11.0. The van der Waals surface area contributed by atoms with E-state index in [1.54, 1.807) is 0 Å². The first-order valence-electron chi connectivity index (χ1n) is 6.47. The molecule has 0 saturated carbocycles. The van der Waals surface area contributed by atoms with E-state index in [0.717, 1.165) is 25.9 Å². The number of benzene rings is 1. The van der Waals surface area contributed by atoms with E-state index in [-0.39, 0.29) is 10.6 Å². The van der Waals surface area contributed by atoms with Crippen LogP contribution in [-0.2, 0) is 10.0 Å². The van der Waals surface area contributed by atoms with Crippen LogP contribution in [0.5, 0.6) is 0 Å². The smallest absolute Gasteiger partial charge is 0.269 e. The molecule has 0 spiro atoms. The van der Waals surface area contributed by atoms with Crippen LogP contribution in [0.15, 0.2) is 29.2 Å². The third-order valence-electron chi connectivity index (χ3n) is 3.21. The quantitative estimate of drug-likeness (QED) is 0.663. The second kappa shape index (κ2) is 6.29. The van der Waals surface area contributed by atoms with Gasteiger partial charge < -0.3 is 5.32 Å². The van der Waals surface area contributed by atoms with Crippen molar-refractivity contribution in [2.75, 3.05) is 26.2 Å². The Kier molecular flexibility index (Phi) is 4.69. The van der Waals surface area contributed by atoms with Crippen molar-refractivity contribution in [1.82, 2.24) is 9.62 Å². The molecule has 1 heterocycles. The molecule has 0 bridgehead atoms. The highest BCUT2D eigenvalue weighted by atomic mass is 32.2. The number of nitro groups is 1. The predicted molar refractivity (Wildman–Crippen MR) is 74.0 cm³/mol. The van der Waals surface area contributed by atoms with E-state index in [0.29, 0.717) is 13.1 Å². The van der Waals surface area contributed by atoms with Gasteiger partial charge in [0.05, 0.1) is 9.82 Å². The Morgan fingerprint density at radius 3 is 2.15 bits per heavy atom. The van der Waals surface area contributed by atoms with Crippen LogP contribution >= 0.6 is 0 Å². The topological polar surface area (TPSA) is 92.5 Å². The lowest BCUT2D eigenvalue weighted by Gasteiger charge is -2.24. The van der Waals surface area contributed by atoms with Gasteiger partial charge in [-0.25, -0.2) is 8.42 Å². The molecule has 0 amide bonds. The molecule has 0 radical (unpaired) electrons. The molecule has 1 aliphatic rings. The summed E-state index contributed by atoms with van der Waals surface area (Å²) < 4.78 is 26.4. The average Bonchev–Trinajstić information content (AvgIpc) is 2.38. The summed E-state index contributed by atoms with van der Waals surface area (Å²) >= 11 is 0. The zero-order chi connectivity index (χ0) is 14.6. The van der Waals surface area contributed by atoms with E-state index in [9.17, 15) is 18.5 Å². The summed E-state index contributed by atoms with van der Waals surface area (Å²) in [6.45, 7) is 2.53. The van der Waals surface area contributed by atoms with Gasteiger partial charge in [-0.05, 0) is 38.1 Å². The average molecular weight is 299 g/mol. The third kappa shape index (κ3) is 3.33. The normalized spacial score (nSPS) is 18.2. The lowest BCUT2D eigenvalue weighted by atomic mass is 10.3. The second-order valence-corrected chi connectivity index (χ2v) is 6.55. The first-order chi connectivity index (χ1) is 9.51. The Labute approximate surface area is 117 Å². The minimum atomic E-state index is -3.56. The summed E-state index contributed by atoms with van der Waals surface area (Å²) in [5, 5.41) is 13.8. The molecule has 1 aromatic rings. The molecule has 7 nitrogen and oxygen atoms in total. The Balaban J connectivity index is 2.21. The van der Waals surface area contributed by atoms with Gasteiger partial charge in [0, 0.05) is 25.2 Å². The van der Waals surface area contributed by atoms with Crippen molar-refractivity contribution in [1.29, 1.82) is 0 Å². The number of non-ortho nitro benzene ring substituents is 1. The van der Waals surface area contributed by atoms with E-state index in [4.69, 9.17) is 0 Å². The van der Waals surface area contributed by atoms with Gasteiger partial charge in [-0.1, -0.05) is 0 Å². The monoisotopic (exact) mass is 299 g/mol. The summed E-state index contributed by atoms with van der Waals surface area (Å²) in [5.41, 5.74) is -0.110. The van der Waals surface area contributed by atoms with Crippen LogP contribution in [-0.4, -0.2) is 43.8 Å². The van der Waals surface area contributed by atoms with Gasteiger partial charge >= 0.3 is 0 Å². The van der Waals surface area contributed by atoms with Crippen LogP contribution in [0, 0.1) is 10.1 Å².